The van der Waals surface area contributed by atoms with Crippen LogP contribution in [0.5, 0.6) is 0 Å². The summed E-state index contributed by atoms with van der Waals surface area (Å²) in [4.78, 5) is 20.2. The summed E-state index contributed by atoms with van der Waals surface area (Å²) in [5, 5.41) is 6.55. The maximum Gasteiger partial charge on any atom is 0.274 e. The summed E-state index contributed by atoms with van der Waals surface area (Å²) in [6.45, 7) is 2.94. The van der Waals surface area contributed by atoms with Crippen LogP contribution in [0.15, 0.2) is 36.7 Å². The molecule has 110 valence electrons. The number of unbranched alkanes of at least 4 members (excludes halogenated alkanes) is 1. The Bertz CT molecular complexity index is 601. The van der Waals surface area contributed by atoms with E-state index in [9.17, 15) is 4.79 Å². The molecule has 1 heterocycles. The Morgan fingerprint density at radius 2 is 2.00 bits per heavy atom. The fourth-order valence-electron chi connectivity index (χ4n) is 1.70. The van der Waals surface area contributed by atoms with Crippen LogP contribution in [-0.2, 0) is 0 Å². The number of hydrogen-bond acceptors (Lipinski definition) is 4. The fourth-order valence-corrected chi connectivity index (χ4v) is 1.83. The van der Waals surface area contributed by atoms with Gasteiger partial charge in [-0.2, -0.15) is 0 Å². The molecule has 5 nitrogen and oxygen atoms in total. The van der Waals surface area contributed by atoms with Crippen LogP contribution in [0.2, 0.25) is 5.02 Å². The lowest BCUT2D eigenvalue weighted by molar-refractivity contribution is 0.102. The smallest absolute Gasteiger partial charge is 0.274 e. The standard InChI is InChI=1S/C15H17ClN4O/c1-2-3-8-17-14-9-13(18-10-19-14)15(21)20-12-6-4-11(16)5-7-12/h4-7,9-10H,2-3,8H2,1H3,(H,20,21)(H,17,18,19). The molecule has 2 aromatic rings. The van der Waals surface area contributed by atoms with Crippen LogP contribution in [0, 0.1) is 0 Å². The average molecular weight is 305 g/mol. The van der Waals surface area contributed by atoms with Gasteiger partial charge in [-0.3, -0.25) is 4.79 Å². The molecule has 0 unspecified atom stereocenters. The van der Waals surface area contributed by atoms with E-state index in [4.69, 9.17) is 11.6 Å². The Morgan fingerprint density at radius 3 is 2.71 bits per heavy atom. The van der Waals surface area contributed by atoms with E-state index in [2.05, 4.69) is 27.5 Å². The van der Waals surface area contributed by atoms with E-state index < -0.39 is 0 Å². The first-order valence-corrected chi connectivity index (χ1v) is 7.19. The van der Waals surface area contributed by atoms with Gasteiger partial charge in [0.15, 0.2) is 0 Å². The van der Waals surface area contributed by atoms with Gasteiger partial charge in [0.25, 0.3) is 5.91 Å². The Kier molecular flexibility index (Phi) is 5.51. The topological polar surface area (TPSA) is 66.9 Å². The molecule has 1 amide bonds. The van der Waals surface area contributed by atoms with Crippen LogP contribution in [0.3, 0.4) is 0 Å². The lowest BCUT2D eigenvalue weighted by Gasteiger charge is -2.07. The zero-order valence-corrected chi connectivity index (χ0v) is 12.5. The van der Waals surface area contributed by atoms with Gasteiger partial charge in [0.2, 0.25) is 0 Å². The zero-order chi connectivity index (χ0) is 15.1. The maximum absolute atomic E-state index is 12.1. The van der Waals surface area contributed by atoms with E-state index in [1.807, 2.05) is 0 Å². The number of carbonyl (C=O) groups excluding carboxylic acids is 1. The summed E-state index contributed by atoms with van der Waals surface area (Å²) in [5.41, 5.74) is 0.988. The van der Waals surface area contributed by atoms with Crippen molar-refractivity contribution in [1.29, 1.82) is 0 Å². The molecule has 0 saturated carbocycles. The van der Waals surface area contributed by atoms with Crippen molar-refractivity contribution in [3.05, 3.63) is 47.4 Å². The van der Waals surface area contributed by atoms with Gasteiger partial charge in [-0.15, -0.1) is 0 Å². The summed E-state index contributed by atoms with van der Waals surface area (Å²) in [7, 11) is 0. The molecule has 0 atom stereocenters. The Morgan fingerprint density at radius 1 is 1.24 bits per heavy atom. The predicted molar refractivity (Wildman–Crippen MR) is 84.8 cm³/mol. The first-order chi connectivity index (χ1) is 10.2. The molecule has 6 heteroatoms. The Hall–Kier alpha value is -2.14. The highest BCUT2D eigenvalue weighted by molar-refractivity contribution is 6.30. The second-order valence-corrected chi connectivity index (χ2v) is 4.97. The van der Waals surface area contributed by atoms with Gasteiger partial charge in [-0.25, -0.2) is 9.97 Å². The van der Waals surface area contributed by atoms with E-state index in [1.165, 1.54) is 6.33 Å². The SMILES string of the molecule is CCCCNc1cc(C(=O)Nc2ccc(Cl)cc2)ncn1. The van der Waals surface area contributed by atoms with E-state index >= 15 is 0 Å². The lowest BCUT2D eigenvalue weighted by atomic mass is 10.3. The van der Waals surface area contributed by atoms with Crippen LogP contribution in [0.4, 0.5) is 11.5 Å². The Labute approximate surface area is 128 Å². The molecule has 0 fully saturated rings. The minimum absolute atomic E-state index is 0.279. The van der Waals surface area contributed by atoms with Gasteiger partial charge >= 0.3 is 0 Å². The van der Waals surface area contributed by atoms with Crippen molar-refractivity contribution in [3.8, 4) is 0 Å². The van der Waals surface area contributed by atoms with E-state index in [1.54, 1.807) is 30.3 Å². The number of halogens is 1. The number of benzene rings is 1. The minimum Gasteiger partial charge on any atom is -0.370 e. The molecule has 21 heavy (non-hydrogen) atoms. The summed E-state index contributed by atoms with van der Waals surface area (Å²) >= 11 is 5.80. The van der Waals surface area contributed by atoms with Crippen molar-refractivity contribution in [2.45, 2.75) is 19.8 Å². The average Bonchev–Trinajstić information content (AvgIpc) is 2.50. The summed E-state index contributed by atoms with van der Waals surface area (Å²) in [5.74, 6) is 0.373. The summed E-state index contributed by atoms with van der Waals surface area (Å²) in [6, 6.07) is 8.55. The largest absolute Gasteiger partial charge is 0.370 e. The van der Waals surface area contributed by atoms with Gasteiger partial charge in [0, 0.05) is 23.3 Å². The van der Waals surface area contributed by atoms with Crippen LogP contribution in [0.25, 0.3) is 0 Å². The van der Waals surface area contributed by atoms with Crippen LogP contribution in [-0.4, -0.2) is 22.4 Å². The molecule has 0 aliphatic heterocycles. The number of anilines is 2. The molecule has 1 aromatic heterocycles. The molecule has 2 rings (SSSR count). The molecule has 2 N–H and O–H groups in total. The minimum atomic E-state index is -0.279. The molecule has 0 saturated heterocycles. The second kappa shape index (κ2) is 7.59. The number of amides is 1. The molecular formula is C15H17ClN4O. The highest BCUT2D eigenvalue weighted by atomic mass is 35.5. The maximum atomic E-state index is 12.1. The first-order valence-electron chi connectivity index (χ1n) is 6.82. The number of aromatic nitrogens is 2. The van der Waals surface area contributed by atoms with Gasteiger partial charge in [-0.05, 0) is 30.7 Å². The molecule has 0 bridgehead atoms. The fraction of sp³-hybridized carbons (Fsp3) is 0.267. The normalized spacial score (nSPS) is 10.2. The van der Waals surface area contributed by atoms with Crippen molar-refractivity contribution in [1.82, 2.24) is 9.97 Å². The molecule has 0 aliphatic carbocycles. The number of nitrogens with zero attached hydrogens (tertiary/aromatic N) is 2. The van der Waals surface area contributed by atoms with Crippen molar-refractivity contribution in [2.24, 2.45) is 0 Å². The summed E-state index contributed by atoms with van der Waals surface area (Å²) in [6.07, 6.45) is 3.53. The molecule has 0 aliphatic rings. The van der Waals surface area contributed by atoms with Crippen LogP contribution < -0.4 is 10.6 Å². The molecular weight excluding hydrogens is 288 g/mol. The quantitative estimate of drug-likeness (QED) is 0.800. The van der Waals surface area contributed by atoms with Gasteiger partial charge in [-0.1, -0.05) is 24.9 Å². The van der Waals surface area contributed by atoms with E-state index in [0.717, 1.165) is 19.4 Å². The number of nitrogens with one attached hydrogen (secondary N) is 2. The third-order valence-corrected chi connectivity index (χ3v) is 3.09. The predicted octanol–water partition coefficient (Wildman–Crippen LogP) is 3.59. The van der Waals surface area contributed by atoms with Crippen molar-refractivity contribution in [2.75, 3.05) is 17.2 Å². The number of rotatable bonds is 6. The van der Waals surface area contributed by atoms with E-state index in [-0.39, 0.29) is 5.91 Å². The summed E-state index contributed by atoms with van der Waals surface area (Å²) < 4.78 is 0. The highest BCUT2D eigenvalue weighted by Gasteiger charge is 2.09. The monoisotopic (exact) mass is 304 g/mol. The first kappa shape index (κ1) is 15.3. The molecule has 0 spiro atoms. The van der Waals surface area contributed by atoms with Crippen molar-refractivity contribution in [3.63, 3.8) is 0 Å². The van der Waals surface area contributed by atoms with Crippen molar-refractivity contribution < 1.29 is 4.79 Å². The second-order valence-electron chi connectivity index (χ2n) is 4.53. The number of carbonyl (C=O) groups is 1. The third kappa shape index (κ3) is 4.72. The van der Waals surface area contributed by atoms with Crippen LogP contribution in [0.1, 0.15) is 30.3 Å². The third-order valence-electron chi connectivity index (χ3n) is 2.84. The van der Waals surface area contributed by atoms with Gasteiger partial charge in [0.1, 0.15) is 17.8 Å². The van der Waals surface area contributed by atoms with Crippen LogP contribution >= 0.6 is 11.6 Å². The van der Waals surface area contributed by atoms with Crippen molar-refractivity contribution >= 4 is 29.0 Å². The van der Waals surface area contributed by atoms with Gasteiger partial charge in [0.05, 0.1) is 0 Å². The zero-order valence-electron chi connectivity index (χ0n) is 11.8. The lowest BCUT2D eigenvalue weighted by Crippen LogP contribution is -2.14. The molecule has 0 radical (unpaired) electrons. The van der Waals surface area contributed by atoms with E-state index in [0.29, 0.717) is 22.2 Å². The molecule has 1 aromatic carbocycles. The number of hydrogen-bond donors (Lipinski definition) is 2. The van der Waals surface area contributed by atoms with Gasteiger partial charge < -0.3 is 10.6 Å². The Balaban J connectivity index is 2.01. The highest BCUT2D eigenvalue weighted by Crippen LogP contribution is 2.14.